The predicted molar refractivity (Wildman–Crippen MR) is 57.2 cm³/mol. The van der Waals surface area contributed by atoms with Crippen molar-refractivity contribution in [3.8, 4) is 0 Å². The Morgan fingerprint density at radius 2 is 2.11 bits per heavy atom. The quantitative estimate of drug-likeness (QED) is 0.772. The van der Waals surface area contributed by atoms with Gasteiger partial charge in [-0.2, -0.15) is 13.2 Å². The zero-order valence-electron chi connectivity index (χ0n) is 9.38. The van der Waals surface area contributed by atoms with Crippen molar-refractivity contribution in [2.24, 2.45) is 0 Å². The fraction of sp³-hybridized carbons (Fsp3) is 0.250. The summed E-state index contributed by atoms with van der Waals surface area (Å²) in [6.45, 7) is 1.76. The van der Waals surface area contributed by atoms with E-state index in [0.717, 1.165) is 12.3 Å². The molecule has 0 aliphatic carbocycles. The minimum absolute atomic E-state index is 0.00190. The summed E-state index contributed by atoms with van der Waals surface area (Å²) in [5, 5.41) is 0.100. The van der Waals surface area contributed by atoms with E-state index in [4.69, 9.17) is 9.15 Å². The number of ether oxygens (including phenoxy) is 1. The van der Waals surface area contributed by atoms with Crippen LogP contribution in [-0.2, 0) is 10.9 Å². The lowest BCUT2D eigenvalue weighted by Gasteiger charge is -2.06. The number of hydrogen-bond donors (Lipinski definition) is 0. The van der Waals surface area contributed by atoms with Crippen molar-refractivity contribution < 1.29 is 27.1 Å². The van der Waals surface area contributed by atoms with Crippen LogP contribution in [0.2, 0.25) is 0 Å². The minimum atomic E-state index is -4.52. The van der Waals surface area contributed by atoms with Crippen molar-refractivity contribution in [1.82, 2.24) is 0 Å². The standard InChI is InChI=1S/C12H9F3O3/c1-2-17-11(16)8-6-18-10-7(8)4-3-5-9(10)12(13,14)15/h3-6H,2H2,1H3. The molecular weight excluding hydrogens is 249 g/mol. The van der Waals surface area contributed by atoms with E-state index < -0.39 is 17.7 Å². The normalized spacial score (nSPS) is 11.8. The maximum Gasteiger partial charge on any atom is 0.420 e. The number of carbonyl (C=O) groups excluding carboxylic acids is 1. The second-order valence-electron chi connectivity index (χ2n) is 3.55. The summed E-state index contributed by atoms with van der Waals surface area (Å²) in [5.74, 6) is -0.699. The molecular formula is C12H9F3O3. The first-order valence-electron chi connectivity index (χ1n) is 5.19. The first kappa shape index (κ1) is 12.5. The predicted octanol–water partition coefficient (Wildman–Crippen LogP) is 3.63. The summed E-state index contributed by atoms with van der Waals surface area (Å²) < 4.78 is 47.7. The van der Waals surface area contributed by atoms with Crippen LogP contribution in [0.4, 0.5) is 13.2 Å². The van der Waals surface area contributed by atoms with Gasteiger partial charge < -0.3 is 9.15 Å². The van der Waals surface area contributed by atoms with E-state index in [1.54, 1.807) is 6.92 Å². The Balaban J connectivity index is 2.59. The van der Waals surface area contributed by atoms with E-state index >= 15 is 0 Å². The fourth-order valence-electron chi connectivity index (χ4n) is 1.65. The molecule has 1 heterocycles. The number of halogens is 3. The van der Waals surface area contributed by atoms with Crippen molar-refractivity contribution >= 4 is 16.9 Å². The van der Waals surface area contributed by atoms with Crippen LogP contribution in [0.1, 0.15) is 22.8 Å². The Morgan fingerprint density at radius 1 is 1.39 bits per heavy atom. The molecule has 0 fully saturated rings. The molecule has 2 rings (SSSR count). The van der Waals surface area contributed by atoms with Gasteiger partial charge in [-0.1, -0.05) is 12.1 Å². The van der Waals surface area contributed by atoms with Gasteiger partial charge >= 0.3 is 12.1 Å². The highest BCUT2D eigenvalue weighted by atomic mass is 19.4. The summed E-state index contributed by atoms with van der Waals surface area (Å²) in [6.07, 6.45) is -3.54. The molecule has 1 aromatic carbocycles. The van der Waals surface area contributed by atoms with Gasteiger partial charge in [-0.15, -0.1) is 0 Å². The topological polar surface area (TPSA) is 39.4 Å². The number of carbonyl (C=O) groups is 1. The zero-order chi connectivity index (χ0) is 13.3. The molecule has 0 bridgehead atoms. The molecule has 96 valence electrons. The average molecular weight is 258 g/mol. The molecule has 6 heteroatoms. The number of esters is 1. The zero-order valence-corrected chi connectivity index (χ0v) is 9.38. The van der Waals surface area contributed by atoms with Crippen molar-refractivity contribution in [2.75, 3.05) is 6.61 Å². The molecule has 0 saturated heterocycles. The van der Waals surface area contributed by atoms with Gasteiger partial charge in [0.25, 0.3) is 0 Å². The largest absolute Gasteiger partial charge is 0.463 e. The number of furan rings is 1. The van der Waals surface area contributed by atoms with Gasteiger partial charge in [0, 0.05) is 5.39 Å². The third kappa shape index (κ3) is 2.05. The van der Waals surface area contributed by atoms with E-state index in [0.29, 0.717) is 0 Å². The Morgan fingerprint density at radius 3 is 2.72 bits per heavy atom. The number of rotatable bonds is 2. The molecule has 0 saturated carbocycles. The third-order valence-electron chi connectivity index (χ3n) is 2.40. The van der Waals surface area contributed by atoms with Gasteiger partial charge in [-0.3, -0.25) is 0 Å². The van der Waals surface area contributed by atoms with Crippen molar-refractivity contribution in [3.63, 3.8) is 0 Å². The first-order chi connectivity index (χ1) is 8.45. The second-order valence-corrected chi connectivity index (χ2v) is 3.55. The Bertz CT molecular complexity index is 584. The van der Waals surface area contributed by atoms with Crippen LogP contribution in [0.3, 0.4) is 0 Å². The van der Waals surface area contributed by atoms with E-state index in [2.05, 4.69) is 0 Å². The average Bonchev–Trinajstić information content (AvgIpc) is 2.71. The molecule has 0 amide bonds. The summed E-state index contributed by atoms with van der Waals surface area (Å²) in [4.78, 5) is 11.5. The molecule has 3 nitrogen and oxygen atoms in total. The SMILES string of the molecule is CCOC(=O)c1coc2c(C(F)(F)F)cccc12. The number of benzene rings is 1. The monoisotopic (exact) mass is 258 g/mol. The molecule has 0 N–H and O–H groups in total. The smallest absolute Gasteiger partial charge is 0.420 e. The summed E-state index contributed by atoms with van der Waals surface area (Å²) in [6, 6.07) is 3.52. The maximum atomic E-state index is 12.7. The minimum Gasteiger partial charge on any atom is -0.463 e. The lowest BCUT2D eigenvalue weighted by Crippen LogP contribution is -2.06. The highest BCUT2D eigenvalue weighted by molar-refractivity contribution is 6.03. The van der Waals surface area contributed by atoms with Gasteiger partial charge in [0.05, 0.1) is 12.2 Å². The molecule has 0 aliphatic rings. The molecule has 0 atom stereocenters. The van der Waals surface area contributed by atoms with Crippen LogP contribution in [0.15, 0.2) is 28.9 Å². The van der Waals surface area contributed by atoms with Crippen LogP contribution in [-0.4, -0.2) is 12.6 Å². The number of hydrogen-bond acceptors (Lipinski definition) is 3. The van der Waals surface area contributed by atoms with E-state index in [-0.39, 0.29) is 23.1 Å². The summed E-state index contributed by atoms with van der Waals surface area (Å²) in [5.41, 5.74) is -1.26. The van der Waals surface area contributed by atoms with Crippen LogP contribution >= 0.6 is 0 Å². The van der Waals surface area contributed by atoms with E-state index in [1.165, 1.54) is 12.1 Å². The number of para-hydroxylation sites is 1. The highest BCUT2D eigenvalue weighted by Gasteiger charge is 2.34. The molecule has 1 aromatic heterocycles. The molecule has 0 aliphatic heterocycles. The van der Waals surface area contributed by atoms with Gasteiger partial charge in [0.15, 0.2) is 0 Å². The Hall–Kier alpha value is -1.98. The van der Waals surface area contributed by atoms with Crippen LogP contribution < -0.4 is 0 Å². The Kier molecular flexibility index (Phi) is 3.02. The molecule has 0 radical (unpaired) electrons. The van der Waals surface area contributed by atoms with Crippen molar-refractivity contribution in [3.05, 3.63) is 35.6 Å². The van der Waals surface area contributed by atoms with Gasteiger partial charge in [0.2, 0.25) is 0 Å². The Labute approximate surface area is 100 Å². The summed E-state index contributed by atoms with van der Waals surface area (Å²) in [7, 11) is 0. The summed E-state index contributed by atoms with van der Waals surface area (Å²) >= 11 is 0. The molecule has 2 aromatic rings. The van der Waals surface area contributed by atoms with Crippen LogP contribution in [0.25, 0.3) is 11.0 Å². The van der Waals surface area contributed by atoms with Crippen molar-refractivity contribution in [2.45, 2.75) is 13.1 Å². The highest BCUT2D eigenvalue weighted by Crippen LogP contribution is 2.36. The van der Waals surface area contributed by atoms with E-state index in [1.807, 2.05) is 0 Å². The van der Waals surface area contributed by atoms with Gasteiger partial charge in [0.1, 0.15) is 17.4 Å². The molecule has 18 heavy (non-hydrogen) atoms. The van der Waals surface area contributed by atoms with Crippen molar-refractivity contribution in [1.29, 1.82) is 0 Å². The van der Waals surface area contributed by atoms with Crippen LogP contribution in [0.5, 0.6) is 0 Å². The number of fused-ring (bicyclic) bond motifs is 1. The maximum absolute atomic E-state index is 12.7. The van der Waals surface area contributed by atoms with Crippen LogP contribution in [0, 0.1) is 0 Å². The first-order valence-corrected chi connectivity index (χ1v) is 5.19. The fourth-order valence-corrected chi connectivity index (χ4v) is 1.65. The lowest BCUT2D eigenvalue weighted by molar-refractivity contribution is -0.136. The third-order valence-corrected chi connectivity index (χ3v) is 2.40. The van der Waals surface area contributed by atoms with E-state index in [9.17, 15) is 18.0 Å². The number of alkyl halides is 3. The lowest BCUT2D eigenvalue weighted by atomic mass is 10.1. The second kappa shape index (κ2) is 4.36. The molecule has 0 spiro atoms. The van der Waals surface area contributed by atoms with Gasteiger partial charge in [-0.25, -0.2) is 4.79 Å². The molecule has 0 unspecified atom stereocenters. The van der Waals surface area contributed by atoms with Gasteiger partial charge in [-0.05, 0) is 13.0 Å².